The first-order valence-corrected chi connectivity index (χ1v) is 8.21. The zero-order chi connectivity index (χ0) is 14.2. The number of hydrogen-bond acceptors (Lipinski definition) is 2. The Balaban J connectivity index is 2.63. The zero-order valence-electron chi connectivity index (χ0n) is 10.2. The summed E-state index contributed by atoms with van der Waals surface area (Å²) in [6.45, 7) is 4.17. The molecule has 1 heterocycles. The minimum absolute atomic E-state index is 0.289. The summed E-state index contributed by atoms with van der Waals surface area (Å²) in [5.41, 5.74) is 1.84. The molecule has 0 fully saturated rings. The van der Waals surface area contributed by atoms with E-state index in [9.17, 15) is 0 Å². The average molecular weight is 472 g/mol. The number of aromatic nitrogens is 2. The number of nitrogens with zero attached hydrogens (tertiary/aromatic N) is 2. The highest BCUT2D eigenvalue weighted by Crippen LogP contribution is 2.32. The Bertz CT molecular complexity index is 632. The van der Waals surface area contributed by atoms with Crippen LogP contribution >= 0.6 is 61.7 Å². The van der Waals surface area contributed by atoms with Crippen molar-refractivity contribution in [3.8, 4) is 11.4 Å². The molecule has 0 radical (unpaired) electrons. The quantitative estimate of drug-likeness (QED) is 0.400. The third-order valence-electron chi connectivity index (χ3n) is 2.56. The van der Waals surface area contributed by atoms with Crippen LogP contribution in [0.3, 0.4) is 0 Å². The number of hydrogen-bond donors (Lipinski definition) is 0. The van der Waals surface area contributed by atoms with Gasteiger partial charge < -0.3 is 0 Å². The summed E-state index contributed by atoms with van der Waals surface area (Å²) in [6, 6.07) is 5.52. The lowest BCUT2D eigenvalue weighted by atomic mass is 10.1. The van der Waals surface area contributed by atoms with Crippen molar-refractivity contribution in [2.24, 2.45) is 0 Å². The lowest BCUT2D eigenvalue weighted by Crippen LogP contribution is -2.02. The normalized spacial score (nSPS) is 11.1. The molecule has 0 unspecified atom stereocenters. The fourth-order valence-corrected chi connectivity index (χ4v) is 3.51. The van der Waals surface area contributed by atoms with Gasteiger partial charge in [-0.1, -0.05) is 37.0 Å². The largest absolute Gasteiger partial charge is 0.232 e. The van der Waals surface area contributed by atoms with Crippen molar-refractivity contribution in [1.82, 2.24) is 9.97 Å². The van der Waals surface area contributed by atoms with Crippen LogP contribution in [-0.2, 0) is 0 Å². The number of benzene rings is 1. The van der Waals surface area contributed by atoms with Crippen molar-refractivity contribution in [1.29, 1.82) is 0 Å². The van der Waals surface area contributed by atoms with E-state index in [4.69, 9.17) is 23.2 Å². The second-order valence-corrected chi connectivity index (χ2v) is 7.04. The fourth-order valence-electron chi connectivity index (χ4n) is 1.61. The standard InChI is InChI=1S/C13H10BrCl2IN2/c1-6(2)11-10(17)12(16)19-13(18-11)8-4-3-7(15)5-9(8)14/h3-6H,1-2H3. The lowest BCUT2D eigenvalue weighted by Gasteiger charge is -2.11. The highest BCUT2D eigenvalue weighted by molar-refractivity contribution is 14.1. The van der Waals surface area contributed by atoms with E-state index < -0.39 is 0 Å². The van der Waals surface area contributed by atoms with Crippen molar-refractivity contribution in [2.45, 2.75) is 19.8 Å². The van der Waals surface area contributed by atoms with Crippen molar-refractivity contribution >= 4 is 61.7 Å². The molecular weight excluding hydrogens is 462 g/mol. The van der Waals surface area contributed by atoms with Gasteiger partial charge in [-0.15, -0.1) is 0 Å². The van der Waals surface area contributed by atoms with Crippen LogP contribution in [0.1, 0.15) is 25.5 Å². The Labute approximate surface area is 144 Å². The Morgan fingerprint density at radius 1 is 1.21 bits per heavy atom. The van der Waals surface area contributed by atoms with Crippen molar-refractivity contribution < 1.29 is 0 Å². The molecule has 0 aliphatic heterocycles. The average Bonchev–Trinajstić information content (AvgIpc) is 2.32. The first kappa shape index (κ1) is 15.5. The molecular formula is C13H10BrCl2IN2. The molecule has 1 aromatic carbocycles. The van der Waals surface area contributed by atoms with Gasteiger partial charge in [0.1, 0.15) is 5.15 Å². The maximum atomic E-state index is 6.20. The van der Waals surface area contributed by atoms with Gasteiger partial charge in [0.25, 0.3) is 0 Å². The molecule has 100 valence electrons. The highest BCUT2D eigenvalue weighted by atomic mass is 127. The van der Waals surface area contributed by atoms with E-state index >= 15 is 0 Å². The van der Waals surface area contributed by atoms with Crippen LogP contribution in [0.25, 0.3) is 11.4 Å². The number of halogens is 4. The van der Waals surface area contributed by atoms with Crippen molar-refractivity contribution in [2.75, 3.05) is 0 Å². The van der Waals surface area contributed by atoms with Gasteiger partial charge in [-0.05, 0) is 62.6 Å². The molecule has 6 heteroatoms. The highest BCUT2D eigenvalue weighted by Gasteiger charge is 2.16. The van der Waals surface area contributed by atoms with Gasteiger partial charge in [-0.2, -0.15) is 0 Å². The molecule has 2 aromatic rings. The smallest absolute Gasteiger partial charge is 0.162 e. The predicted molar refractivity (Wildman–Crippen MR) is 92.0 cm³/mol. The van der Waals surface area contributed by atoms with Gasteiger partial charge in [0, 0.05) is 15.1 Å². The summed E-state index contributed by atoms with van der Waals surface area (Å²) < 4.78 is 1.76. The van der Waals surface area contributed by atoms with E-state index in [2.05, 4.69) is 62.3 Å². The van der Waals surface area contributed by atoms with E-state index in [1.165, 1.54) is 0 Å². The van der Waals surface area contributed by atoms with Gasteiger partial charge in [0.05, 0.1) is 9.26 Å². The second-order valence-electron chi connectivity index (χ2n) is 4.32. The molecule has 0 N–H and O–H groups in total. The minimum Gasteiger partial charge on any atom is -0.232 e. The van der Waals surface area contributed by atoms with Crippen LogP contribution in [0.15, 0.2) is 22.7 Å². The maximum absolute atomic E-state index is 6.20. The predicted octanol–water partition coefficient (Wildman–Crippen LogP) is 5.94. The summed E-state index contributed by atoms with van der Waals surface area (Å²) in [4.78, 5) is 8.97. The van der Waals surface area contributed by atoms with Crippen LogP contribution in [0, 0.1) is 3.57 Å². The van der Waals surface area contributed by atoms with Crippen LogP contribution in [-0.4, -0.2) is 9.97 Å². The molecule has 2 rings (SSSR count). The van der Waals surface area contributed by atoms with Gasteiger partial charge >= 0.3 is 0 Å². The Kier molecular flexibility index (Phi) is 5.09. The van der Waals surface area contributed by atoms with Crippen LogP contribution in [0.4, 0.5) is 0 Å². The Morgan fingerprint density at radius 3 is 2.47 bits per heavy atom. The third-order valence-corrected chi connectivity index (χ3v) is 5.10. The minimum atomic E-state index is 0.289. The van der Waals surface area contributed by atoms with Gasteiger partial charge in [0.2, 0.25) is 0 Å². The SMILES string of the molecule is CC(C)c1nc(-c2ccc(Cl)cc2Br)nc(Cl)c1I. The Hall–Kier alpha value is 0.0900. The molecule has 0 amide bonds. The van der Waals surface area contributed by atoms with Gasteiger partial charge in [-0.25, -0.2) is 9.97 Å². The van der Waals surface area contributed by atoms with Crippen LogP contribution in [0.2, 0.25) is 10.2 Å². The molecule has 0 bridgehead atoms. The molecule has 1 aromatic heterocycles. The molecule has 0 saturated carbocycles. The van der Waals surface area contributed by atoms with E-state index in [1.807, 2.05) is 18.2 Å². The summed E-state index contributed by atoms with van der Waals surface area (Å²) in [7, 11) is 0. The third kappa shape index (κ3) is 3.40. The summed E-state index contributed by atoms with van der Waals surface area (Å²) in [6.07, 6.45) is 0. The summed E-state index contributed by atoms with van der Waals surface area (Å²) >= 11 is 17.8. The first-order valence-electron chi connectivity index (χ1n) is 5.58. The van der Waals surface area contributed by atoms with E-state index in [0.29, 0.717) is 16.0 Å². The first-order chi connectivity index (χ1) is 8.90. The van der Waals surface area contributed by atoms with E-state index in [1.54, 1.807) is 0 Å². The van der Waals surface area contributed by atoms with Crippen molar-refractivity contribution in [3.63, 3.8) is 0 Å². The molecule has 0 aliphatic rings. The van der Waals surface area contributed by atoms with Crippen LogP contribution in [0.5, 0.6) is 0 Å². The maximum Gasteiger partial charge on any atom is 0.162 e. The van der Waals surface area contributed by atoms with E-state index in [0.717, 1.165) is 19.3 Å². The van der Waals surface area contributed by atoms with Gasteiger partial charge in [0.15, 0.2) is 5.82 Å². The zero-order valence-corrected chi connectivity index (χ0v) is 15.5. The summed E-state index contributed by atoms with van der Waals surface area (Å²) in [5, 5.41) is 1.15. The lowest BCUT2D eigenvalue weighted by molar-refractivity contribution is 0.808. The molecule has 0 aliphatic carbocycles. The van der Waals surface area contributed by atoms with Gasteiger partial charge in [-0.3, -0.25) is 0 Å². The second kappa shape index (κ2) is 6.24. The molecule has 19 heavy (non-hydrogen) atoms. The van der Waals surface area contributed by atoms with Crippen molar-refractivity contribution in [3.05, 3.63) is 42.1 Å². The molecule has 0 atom stereocenters. The molecule has 0 spiro atoms. The molecule has 0 saturated heterocycles. The molecule has 2 nitrogen and oxygen atoms in total. The van der Waals surface area contributed by atoms with E-state index in [-0.39, 0.29) is 5.92 Å². The number of rotatable bonds is 2. The monoisotopic (exact) mass is 470 g/mol. The Morgan fingerprint density at radius 2 is 1.89 bits per heavy atom. The topological polar surface area (TPSA) is 25.8 Å². The van der Waals surface area contributed by atoms with Crippen LogP contribution < -0.4 is 0 Å². The summed E-state index contributed by atoms with van der Waals surface area (Å²) in [5.74, 6) is 0.898. The fraction of sp³-hybridized carbons (Fsp3) is 0.231.